The number of nitrogens with two attached hydrogens (primary N) is 2. The predicted molar refractivity (Wildman–Crippen MR) is 120 cm³/mol. The molecule has 0 atom stereocenters. The number of benzene rings is 4. The second kappa shape index (κ2) is 6.25. The summed E-state index contributed by atoms with van der Waals surface area (Å²) in [6.07, 6.45) is 0. The van der Waals surface area contributed by atoms with Crippen LogP contribution < -0.4 is 11.5 Å². The van der Waals surface area contributed by atoms with E-state index < -0.39 is 5.41 Å². The van der Waals surface area contributed by atoms with Gasteiger partial charge in [-0.25, -0.2) is 0 Å². The van der Waals surface area contributed by atoms with E-state index in [1.165, 1.54) is 33.4 Å². The van der Waals surface area contributed by atoms with Crippen LogP contribution in [0.3, 0.4) is 0 Å². The highest BCUT2D eigenvalue weighted by Crippen LogP contribution is 2.56. The number of fused-ring (bicyclic) bond motifs is 3. The first-order valence-corrected chi connectivity index (χ1v) is 10.0. The van der Waals surface area contributed by atoms with E-state index in [1.54, 1.807) is 0 Å². The van der Waals surface area contributed by atoms with Crippen LogP contribution in [0.5, 0.6) is 0 Å². The molecule has 3 heteroatoms. The van der Waals surface area contributed by atoms with E-state index in [9.17, 15) is 0 Å². The molecule has 1 aliphatic rings. The van der Waals surface area contributed by atoms with Gasteiger partial charge in [0.2, 0.25) is 0 Å². The van der Waals surface area contributed by atoms with Gasteiger partial charge in [0.15, 0.2) is 0 Å². The molecule has 4 aromatic rings. The lowest BCUT2D eigenvalue weighted by molar-refractivity contribution is 0.768. The maximum Gasteiger partial charge on any atom is 0.0713 e. The Labute approximate surface area is 173 Å². The maximum absolute atomic E-state index is 6.01. The van der Waals surface area contributed by atoms with Crippen molar-refractivity contribution in [3.05, 3.63) is 118 Å². The quantitative estimate of drug-likeness (QED) is 0.341. The standard InChI is InChI=1S/C25H19BrN2/c26-18-9-14-24-22(15-18)21-3-1-2-4-23(21)25(24,16-5-10-19(27)11-6-16)17-7-12-20(28)13-8-17/h1-15H,27-28H2. The SMILES string of the molecule is Nc1ccc(C2(c3ccc(N)cc3)c3ccccc3-c3cc(Br)ccc32)cc1. The molecular formula is C25H19BrN2. The van der Waals surface area contributed by atoms with Crippen molar-refractivity contribution in [2.24, 2.45) is 0 Å². The van der Waals surface area contributed by atoms with Gasteiger partial charge in [-0.3, -0.25) is 0 Å². The second-order valence-corrected chi connectivity index (χ2v) is 8.15. The largest absolute Gasteiger partial charge is 0.399 e. The molecule has 136 valence electrons. The molecule has 0 aliphatic heterocycles. The Balaban J connectivity index is 1.95. The van der Waals surface area contributed by atoms with Gasteiger partial charge in [0.25, 0.3) is 0 Å². The molecule has 1 aliphatic carbocycles. The Morgan fingerprint density at radius 3 is 1.71 bits per heavy atom. The van der Waals surface area contributed by atoms with Crippen LogP contribution in [0.4, 0.5) is 11.4 Å². The fraction of sp³-hybridized carbons (Fsp3) is 0.0400. The molecule has 0 radical (unpaired) electrons. The van der Waals surface area contributed by atoms with Crippen LogP contribution in [0, 0.1) is 0 Å². The molecule has 0 saturated heterocycles. The summed E-state index contributed by atoms with van der Waals surface area (Å²) < 4.78 is 1.08. The Morgan fingerprint density at radius 1 is 0.571 bits per heavy atom. The van der Waals surface area contributed by atoms with Crippen LogP contribution in [0.1, 0.15) is 22.3 Å². The highest BCUT2D eigenvalue weighted by Gasteiger charge is 2.45. The van der Waals surface area contributed by atoms with Crippen molar-refractivity contribution in [3.8, 4) is 11.1 Å². The lowest BCUT2D eigenvalue weighted by Crippen LogP contribution is -2.28. The van der Waals surface area contributed by atoms with Crippen LogP contribution in [0.25, 0.3) is 11.1 Å². The van der Waals surface area contributed by atoms with Gasteiger partial charge in [0.05, 0.1) is 5.41 Å². The minimum Gasteiger partial charge on any atom is -0.399 e. The highest BCUT2D eigenvalue weighted by atomic mass is 79.9. The summed E-state index contributed by atoms with van der Waals surface area (Å²) in [5, 5.41) is 0. The minimum atomic E-state index is -0.409. The summed E-state index contributed by atoms with van der Waals surface area (Å²) in [6.45, 7) is 0. The first kappa shape index (κ1) is 17.1. The number of rotatable bonds is 2. The molecular weight excluding hydrogens is 408 g/mol. The average molecular weight is 427 g/mol. The number of hydrogen-bond donors (Lipinski definition) is 2. The Morgan fingerprint density at radius 2 is 1.11 bits per heavy atom. The number of hydrogen-bond acceptors (Lipinski definition) is 2. The van der Waals surface area contributed by atoms with Gasteiger partial charge < -0.3 is 11.5 Å². The molecule has 0 heterocycles. The van der Waals surface area contributed by atoms with Crippen molar-refractivity contribution in [3.63, 3.8) is 0 Å². The van der Waals surface area contributed by atoms with Crippen LogP contribution in [0.15, 0.2) is 95.5 Å². The number of anilines is 2. The van der Waals surface area contributed by atoms with Crippen LogP contribution in [0.2, 0.25) is 0 Å². The molecule has 4 aromatic carbocycles. The van der Waals surface area contributed by atoms with Crippen LogP contribution in [-0.2, 0) is 5.41 Å². The Hall–Kier alpha value is -3.04. The monoisotopic (exact) mass is 426 g/mol. The Kier molecular flexibility index (Phi) is 3.81. The van der Waals surface area contributed by atoms with E-state index in [2.05, 4.69) is 82.7 Å². The molecule has 0 spiro atoms. The molecule has 0 aromatic heterocycles. The summed E-state index contributed by atoms with van der Waals surface area (Å²) in [4.78, 5) is 0. The molecule has 5 rings (SSSR count). The van der Waals surface area contributed by atoms with Gasteiger partial charge in [0.1, 0.15) is 0 Å². The second-order valence-electron chi connectivity index (χ2n) is 7.23. The lowest BCUT2D eigenvalue weighted by atomic mass is 9.67. The van der Waals surface area contributed by atoms with Gasteiger partial charge in [-0.1, -0.05) is 70.5 Å². The molecule has 0 bridgehead atoms. The lowest BCUT2D eigenvalue weighted by Gasteiger charge is -2.34. The molecule has 2 nitrogen and oxygen atoms in total. The topological polar surface area (TPSA) is 52.0 Å². The van der Waals surface area contributed by atoms with E-state index in [4.69, 9.17) is 11.5 Å². The highest BCUT2D eigenvalue weighted by molar-refractivity contribution is 9.10. The molecule has 0 fully saturated rings. The summed E-state index contributed by atoms with van der Waals surface area (Å²) in [6, 6.07) is 31.7. The molecule has 0 amide bonds. The summed E-state index contributed by atoms with van der Waals surface area (Å²) in [5.41, 5.74) is 20.6. The van der Waals surface area contributed by atoms with Gasteiger partial charge in [0, 0.05) is 15.8 Å². The third kappa shape index (κ3) is 2.33. The molecule has 0 saturated carbocycles. The van der Waals surface area contributed by atoms with Crippen molar-refractivity contribution in [2.45, 2.75) is 5.41 Å². The van der Waals surface area contributed by atoms with E-state index in [1.807, 2.05) is 24.3 Å². The van der Waals surface area contributed by atoms with Crippen molar-refractivity contribution >= 4 is 27.3 Å². The third-order valence-electron chi connectivity index (χ3n) is 5.69. The van der Waals surface area contributed by atoms with E-state index in [0.29, 0.717) is 0 Å². The maximum atomic E-state index is 6.01. The first-order chi connectivity index (χ1) is 13.6. The summed E-state index contributed by atoms with van der Waals surface area (Å²) in [7, 11) is 0. The zero-order chi connectivity index (χ0) is 19.3. The molecule has 0 unspecified atom stereocenters. The number of halogens is 1. The van der Waals surface area contributed by atoms with E-state index in [0.717, 1.165) is 15.8 Å². The molecule has 4 N–H and O–H groups in total. The molecule has 28 heavy (non-hydrogen) atoms. The Bertz CT molecular complexity index is 1130. The first-order valence-electron chi connectivity index (χ1n) is 9.22. The zero-order valence-electron chi connectivity index (χ0n) is 15.2. The van der Waals surface area contributed by atoms with Crippen molar-refractivity contribution < 1.29 is 0 Å². The van der Waals surface area contributed by atoms with Gasteiger partial charge in [-0.15, -0.1) is 0 Å². The van der Waals surface area contributed by atoms with Crippen LogP contribution in [-0.4, -0.2) is 0 Å². The minimum absolute atomic E-state index is 0.409. The number of nitrogen functional groups attached to an aromatic ring is 2. The third-order valence-corrected chi connectivity index (χ3v) is 6.19. The summed E-state index contributed by atoms with van der Waals surface area (Å²) >= 11 is 3.65. The zero-order valence-corrected chi connectivity index (χ0v) is 16.8. The van der Waals surface area contributed by atoms with E-state index >= 15 is 0 Å². The van der Waals surface area contributed by atoms with Gasteiger partial charge in [-0.2, -0.15) is 0 Å². The smallest absolute Gasteiger partial charge is 0.0713 e. The fourth-order valence-corrected chi connectivity index (χ4v) is 4.87. The van der Waals surface area contributed by atoms with E-state index in [-0.39, 0.29) is 0 Å². The predicted octanol–water partition coefficient (Wildman–Crippen LogP) is 5.98. The average Bonchev–Trinajstić information content (AvgIpc) is 3.00. The summed E-state index contributed by atoms with van der Waals surface area (Å²) in [5.74, 6) is 0. The van der Waals surface area contributed by atoms with Crippen LogP contribution >= 0.6 is 15.9 Å². The van der Waals surface area contributed by atoms with Crippen molar-refractivity contribution in [1.82, 2.24) is 0 Å². The van der Waals surface area contributed by atoms with Gasteiger partial charge in [-0.05, 0) is 69.8 Å². The van der Waals surface area contributed by atoms with Crippen molar-refractivity contribution in [2.75, 3.05) is 11.5 Å². The van der Waals surface area contributed by atoms with Crippen molar-refractivity contribution in [1.29, 1.82) is 0 Å². The fourth-order valence-electron chi connectivity index (χ4n) is 4.51. The van der Waals surface area contributed by atoms with Gasteiger partial charge >= 0.3 is 0 Å². The normalized spacial score (nSPS) is 13.8.